The third-order valence-corrected chi connectivity index (χ3v) is 2.95. The van der Waals surface area contributed by atoms with Gasteiger partial charge in [0.05, 0.1) is 13.0 Å². The maximum absolute atomic E-state index is 11.7. The molecule has 0 aliphatic heterocycles. The van der Waals surface area contributed by atoms with Crippen molar-refractivity contribution in [3.05, 3.63) is 29.8 Å². The first-order chi connectivity index (χ1) is 10.0. The summed E-state index contributed by atoms with van der Waals surface area (Å²) >= 11 is 0. The number of hydrogen-bond donors (Lipinski definition) is 2. The zero-order valence-electron chi connectivity index (χ0n) is 12.5. The van der Waals surface area contributed by atoms with E-state index < -0.39 is 5.97 Å². The summed E-state index contributed by atoms with van der Waals surface area (Å²) in [4.78, 5) is 23.6. The summed E-state index contributed by atoms with van der Waals surface area (Å²) in [7, 11) is 1.58. The molecule has 0 atom stereocenters. The molecule has 0 aromatic heterocycles. The van der Waals surface area contributed by atoms with Crippen molar-refractivity contribution in [1.29, 1.82) is 0 Å². The van der Waals surface area contributed by atoms with Crippen LogP contribution in [0.25, 0.3) is 0 Å². The highest BCUT2D eigenvalue weighted by Crippen LogP contribution is 2.17. The van der Waals surface area contributed by atoms with E-state index in [1.807, 2.05) is 31.2 Å². The number of ether oxygens (including phenoxy) is 1. The minimum Gasteiger partial charge on any atom is -0.494 e. The Kier molecular flexibility index (Phi) is 7.08. The van der Waals surface area contributed by atoms with Gasteiger partial charge in [-0.3, -0.25) is 4.79 Å². The monoisotopic (exact) mass is 294 g/mol. The van der Waals surface area contributed by atoms with Crippen molar-refractivity contribution in [1.82, 2.24) is 10.2 Å². The first-order valence-electron chi connectivity index (χ1n) is 6.96. The van der Waals surface area contributed by atoms with Gasteiger partial charge < -0.3 is 20.1 Å². The Morgan fingerprint density at radius 2 is 2.05 bits per heavy atom. The van der Waals surface area contributed by atoms with Crippen molar-refractivity contribution in [2.45, 2.75) is 19.8 Å². The normalized spacial score (nSPS) is 10.0. The molecule has 0 radical (unpaired) electrons. The van der Waals surface area contributed by atoms with Crippen LogP contribution >= 0.6 is 0 Å². The molecule has 21 heavy (non-hydrogen) atoms. The van der Waals surface area contributed by atoms with Crippen LogP contribution in [0.1, 0.15) is 18.9 Å². The molecule has 0 saturated carbocycles. The molecular formula is C15H22N2O4. The molecular weight excluding hydrogens is 272 g/mol. The molecule has 0 bridgehead atoms. The maximum atomic E-state index is 11.7. The summed E-state index contributed by atoms with van der Waals surface area (Å²) in [5, 5.41) is 11.3. The van der Waals surface area contributed by atoms with E-state index in [1.54, 1.807) is 7.05 Å². The number of carboxylic acids is 1. The summed E-state index contributed by atoms with van der Waals surface area (Å²) < 4.78 is 5.52. The highest BCUT2D eigenvalue weighted by Gasteiger charge is 2.10. The lowest BCUT2D eigenvalue weighted by molar-refractivity contribution is -0.137. The van der Waals surface area contributed by atoms with Gasteiger partial charge in [-0.15, -0.1) is 0 Å². The van der Waals surface area contributed by atoms with E-state index in [0.717, 1.165) is 11.3 Å². The Hall–Kier alpha value is -2.24. The van der Waals surface area contributed by atoms with Crippen LogP contribution in [0.4, 0.5) is 4.79 Å². The number of benzene rings is 1. The highest BCUT2D eigenvalue weighted by atomic mass is 16.5. The number of hydrogen-bond acceptors (Lipinski definition) is 3. The van der Waals surface area contributed by atoms with Crippen molar-refractivity contribution >= 4 is 12.0 Å². The second-order valence-electron chi connectivity index (χ2n) is 4.59. The van der Waals surface area contributed by atoms with Gasteiger partial charge in [-0.1, -0.05) is 18.2 Å². The van der Waals surface area contributed by atoms with Gasteiger partial charge >= 0.3 is 12.0 Å². The molecule has 2 amide bonds. The van der Waals surface area contributed by atoms with Crippen molar-refractivity contribution in [3.63, 3.8) is 0 Å². The molecule has 0 unspecified atom stereocenters. The zero-order chi connectivity index (χ0) is 15.7. The number of carbonyl (C=O) groups excluding carboxylic acids is 1. The Balaban J connectivity index is 2.39. The smallest absolute Gasteiger partial charge is 0.317 e. The molecule has 2 N–H and O–H groups in total. The fraction of sp³-hybridized carbons (Fsp3) is 0.467. The third kappa shape index (κ3) is 6.16. The number of carbonyl (C=O) groups is 2. The largest absolute Gasteiger partial charge is 0.494 e. The van der Waals surface area contributed by atoms with Crippen LogP contribution in [0, 0.1) is 0 Å². The number of amides is 2. The number of urea groups is 1. The Labute approximate surface area is 124 Å². The Morgan fingerprint density at radius 1 is 1.33 bits per heavy atom. The predicted octanol–water partition coefficient (Wildman–Crippen LogP) is 1.74. The molecule has 0 heterocycles. The molecule has 0 spiro atoms. The van der Waals surface area contributed by atoms with E-state index >= 15 is 0 Å². The number of rotatable bonds is 8. The second-order valence-corrected chi connectivity index (χ2v) is 4.59. The van der Waals surface area contributed by atoms with Gasteiger partial charge in [-0.25, -0.2) is 4.79 Å². The molecule has 6 heteroatoms. The molecule has 1 aromatic carbocycles. The molecule has 0 aliphatic carbocycles. The van der Waals surface area contributed by atoms with Gasteiger partial charge in [-0.05, 0) is 25.0 Å². The van der Waals surface area contributed by atoms with E-state index in [9.17, 15) is 9.59 Å². The third-order valence-electron chi connectivity index (χ3n) is 2.95. The van der Waals surface area contributed by atoms with Gasteiger partial charge in [-0.2, -0.15) is 0 Å². The second kappa shape index (κ2) is 8.84. The quantitative estimate of drug-likeness (QED) is 0.765. The molecule has 116 valence electrons. The minimum absolute atomic E-state index is 0.0584. The lowest BCUT2D eigenvalue weighted by Crippen LogP contribution is -2.39. The Morgan fingerprint density at radius 3 is 2.71 bits per heavy atom. The SMILES string of the molecule is CCOc1ccccc1CCNC(=O)N(C)CCC(=O)O. The van der Waals surface area contributed by atoms with Crippen LogP contribution in [0.3, 0.4) is 0 Å². The number of carboxylic acid groups (broad SMARTS) is 1. The lowest BCUT2D eigenvalue weighted by atomic mass is 10.1. The van der Waals surface area contributed by atoms with Gasteiger partial charge in [0, 0.05) is 20.1 Å². The number of aliphatic carboxylic acids is 1. The Bertz CT molecular complexity index is 476. The van der Waals surface area contributed by atoms with Crippen LogP contribution < -0.4 is 10.1 Å². The average molecular weight is 294 g/mol. The maximum Gasteiger partial charge on any atom is 0.317 e. The fourth-order valence-electron chi connectivity index (χ4n) is 1.81. The van der Waals surface area contributed by atoms with Crippen LogP contribution in [-0.4, -0.2) is 48.8 Å². The first-order valence-corrected chi connectivity index (χ1v) is 6.96. The summed E-state index contributed by atoms with van der Waals surface area (Å²) in [6.45, 7) is 3.19. The molecule has 6 nitrogen and oxygen atoms in total. The first kappa shape index (κ1) is 16.8. The standard InChI is InChI=1S/C15H22N2O4/c1-3-21-13-7-5-4-6-12(13)8-10-16-15(20)17(2)11-9-14(18)19/h4-7H,3,8-11H2,1-2H3,(H,16,20)(H,18,19). The molecule has 1 aromatic rings. The van der Waals surface area contributed by atoms with Gasteiger partial charge in [0.1, 0.15) is 5.75 Å². The molecule has 0 aliphatic rings. The zero-order valence-corrected chi connectivity index (χ0v) is 12.5. The highest BCUT2D eigenvalue weighted by molar-refractivity contribution is 5.75. The van der Waals surface area contributed by atoms with Gasteiger partial charge in [0.15, 0.2) is 0 Å². The fourth-order valence-corrected chi connectivity index (χ4v) is 1.81. The van der Waals surface area contributed by atoms with E-state index in [-0.39, 0.29) is 19.0 Å². The number of nitrogens with one attached hydrogen (secondary N) is 1. The van der Waals surface area contributed by atoms with E-state index in [2.05, 4.69) is 5.32 Å². The molecule has 0 saturated heterocycles. The van der Waals surface area contributed by atoms with Crippen LogP contribution in [0.5, 0.6) is 5.75 Å². The van der Waals surface area contributed by atoms with Gasteiger partial charge in [0.2, 0.25) is 0 Å². The van der Waals surface area contributed by atoms with E-state index in [0.29, 0.717) is 19.6 Å². The van der Waals surface area contributed by atoms with Crippen molar-refractivity contribution < 1.29 is 19.4 Å². The summed E-state index contributed by atoms with van der Waals surface area (Å²) in [6.07, 6.45) is 0.603. The van der Waals surface area contributed by atoms with Crippen molar-refractivity contribution in [2.75, 3.05) is 26.7 Å². The summed E-state index contributed by atoms with van der Waals surface area (Å²) in [5.41, 5.74) is 1.04. The summed E-state index contributed by atoms with van der Waals surface area (Å²) in [5.74, 6) is -0.0891. The van der Waals surface area contributed by atoms with Crippen molar-refractivity contribution in [2.24, 2.45) is 0 Å². The van der Waals surface area contributed by atoms with E-state index in [4.69, 9.17) is 9.84 Å². The lowest BCUT2D eigenvalue weighted by Gasteiger charge is -2.17. The molecule has 1 rings (SSSR count). The minimum atomic E-state index is -0.916. The average Bonchev–Trinajstić information content (AvgIpc) is 2.46. The number of para-hydroxylation sites is 1. The predicted molar refractivity (Wildman–Crippen MR) is 79.6 cm³/mol. The summed E-state index contributed by atoms with van der Waals surface area (Å²) in [6, 6.07) is 7.43. The van der Waals surface area contributed by atoms with E-state index in [1.165, 1.54) is 4.90 Å². The van der Waals surface area contributed by atoms with Crippen LogP contribution in [0.2, 0.25) is 0 Å². The topological polar surface area (TPSA) is 78.9 Å². The van der Waals surface area contributed by atoms with Crippen molar-refractivity contribution in [3.8, 4) is 5.75 Å². The van der Waals surface area contributed by atoms with Crippen LogP contribution in [0.15, 0.2) is 24.3 Å². The van der Waals surface area contributed by atoms with Crippen LogP contribution in [-0.2, 0) is 11.2 Å². The molecule has 0 fully saturated rings. The number of nitrogens with zero attached hydrogens (tertiary/aromatic N) is 1. The van der Waals surface area contributed by atoms with Gasteiger partial charge in [0.25, 0.3) is 0 Å².